The molecule has 5 rings (SSSR count). The first-order valence-corrected chi connectivity index (χ1v) is 11.6. The molecular formula is C28H24ClN3O2. The Morgan fingerprint density at radius 1 is 1.00 bits per heavy atom. The highest BCUT2D eigenvalue weighted by Gasteiger charge is 2.16. The summed E-state index contributed by atoms with van der Waals surface area (Å²) in [6.45, 7) is 2.46. The molecule has 0 aliphatic heterocycles. The van der Waals surface area contributed by atoms with Crippen LogP contribution in [-0.4, -0.2) is 15.3 Å². The number of rotatable bonds is 7. The second-order valence-electron chi connectivity index (χ2n) is 8.29. The smallest absolute Gasteiger partial charge is 0.220 e. The standard InChI is InChI=1S/C28H24ClN3O2/c1-19-4-2-5-21(16-19)22-9-13-26-31-28(20-7-10-23(29)11-8-20)25(32(26)18-22)12-14-27(33)30-17-24-6-3-15-34-24/h2-11,13,15-16,18H,12,14,17H2,1H3,(H,30,33). The van der Waals surface area contributed by atoms with Crippen molar-refractivity contribution >= 4 is 23.2 Å². The highest BCUT2D eigenvalue weighted by atomic mass is 35.5. The van der Waals surface area contributed by atoms with Gasteiger partial charge in [-0.15, -0.1) is 0 Å². The number of halogens is 1. The van der Waals surface area contributed by atoms with E-state index in [1.807, 2.05) is 42.5 Å². The first-order valence-electron chi connectivity index (χ1n) is 11.2. The molecule has 0 saturated carbocycles. The van der Waals surface area contributed by atoms with Gasteiger partial charge in [0.15, 0.2) is 0 Å². The molecule has 3 heterocycles. The van der Waals surface area contributed by atoms with Gasteiger partial charge in [0.05, 0.1) is 24.2 Å². The quantitative estimate of drug-likeness (QED) is 0.297. The number of amides is 1. The number of furan rings is 1. The van der Waals surface area contributed by atoms with Crippen LogP contribution in [0.15, 0.2) is 89.7 Å². The number of carbonyl (C=O) groups is 1. The molecule has 3 aromatic heterocycles. The number of aromatic nitrogens is 2. The van der Waals surface area contributed by atoms with Crippen LogP contribution in [0, 0.1) is 6.92 Å². The number of benzene rings is 2. The first kappa shape index (κ1) is 22.0. The summed E-state index contributed by atoms with van der Waals surface area (Å²) in [7, 11) is 0. The summed E-state index contributed by atoms with van der Waals surface area (Å²) < 4.78 is 7.40. The lowest BCUT2D eigenvalue weighted by Crippen LogP contribution is -2.23. The molecule has 1 amide bonds. The Morgan fingerprint density at radius 2 is 1.82 bits per heavy atom. The van der Waals surface area contributed by atoms with E-state index in [4.69, 9.17) is 21.0 Å². The monoisotopic (exact) mass is 469 g/mol. The third kappa shape index (κ3) is 4.75. The second-order valence-corrected chi connectivity index (χ2v) is 8.72. The van der Waals surface area contributed by atoms with Gasteiger partial charge in [-0.05, 0) is 60.9 Å². The number of hydrogen-bond donors (Lipinski definition) is 1. The van der Waals surface area contributed by atoms with Gasteiger partial charge in [-0.25, -0.2) is 4.98 Å². The van der Waals surface area contributed by atoms with Crippen LogP contribution >= 0.6 is 11.6 Å². The van der Waals surface area contributed by atoms with Gasteiger partial charge in [0.2, 0.25) is 5.91 Å². The number of nitrogens with one attached hydrogen (secondary N) is 1. The third-order valence-electron chi connectivity index (χ3n) is 5.82. The molecule has 0 atom stereocenters. The highest BCUT2D eigenvalue weighted by molar-refractivity contribution is 6.30. The zero-order valence-corrected chi connectivity index (χ0v) is 19.5. The van der Waals surface area contributed by atoms with Gasteiger partial charge in [0, 0.05) is 23.2 Å². The largest absolute Gasteiger partial charge is 0.467 e. The minimum absolute atomic E-state index is 0.0387. The molecule has 5 aromatic rings. The van der Waals surface area contributed by atoms with Crippen LogP contribution in [0.2, 0.25) is 5.02 Å². The Labute approximate surface area is 203 Å². The van der Waals surface area contributed by atoms with Crippen molar-refractivity contribution in [3.63, 3.8) is 0 Å². The van der Waals surface area contributed by atoms with Crippen molar-refractivity contribution in [2.75, 3.05) is 0 Å². The van der Waals surface area contributed by atoms with Crippen LogP contribution in [0.4, 0.5) is 0 Å². The van der Waals surface area contributed by atoms with E-state index < -0.39 is 0 Å². The number of nitrogens with zero attached hydrogens (tertiary/aromatic N) is 2. The summed E-state index contributed by atoms with van der Waals surface area (Å²) in [6.07, 6.45) is 4.58. The molecule has 0 bridgehead atoms. The fraction of sp³-hybridized carbons (Fsp3) is 0.143. The van der Waals surface area contributed by atoms with Gasteiger partial charge in [-0.1, -0.05) is 53.6 Å². The summed E-state index contributed by atoms with van der Waals surface area (Å²) in [5.74, 6) is 0.691. The van der Waals surface area contributed by atoms with Gasteiger partial charge in [-0.3, -0.25) is 4.79 Å². The number of pyridine rings is 1. The Hall–Kier alpha value is -3.83. The SMILES string of the molecule is Cc1cccc(-c2ccc3nc(-c4ccc(Cl)cc4)c(CCC(=O)NCc4ccco4)n3c2)c1. The molecule has 0 fully saturated rings. The molecule has 0 aliphatic carbocycles. The van der Waals surface area contributed by atoms with E-state index in [2.05, 4.69) is 53.2 Å². The molecule has 0 unspecified atom stereocenters. The van der Waals surface area contributed by atoms with Crippen molar-refractivity contribution in [2.24, 2.45) is 0 Å². The molecule has 0 spiro atoms. The Kier molecular flexibility index (Phi) is 6.19. The van der Waals surface area contributed by atoms with Crippen molar-refractivity contribution < 1.29 is 9.21 Å². The molecular weight excluding hydrogens is 446 g/mol. The lowest BCUT2D eigenvalue weighted by atomic mass is 10.0. The molecule has 0 saturated heterocycles. The normalized spacial score (nSPS) is 11.1. The van der Waals surface area contributed by atoms with Crippen molar-refractivity contribution in [1.29, 1.82) is 0 Å². The van der Waals surface area contributed by atoms with E-state index in [9.17, 15) is 4.79 Å². The van der Waals surface area contributed by atoms with Crippen LogP contribution < -0.4 is 5.32 Å². The molecule has 170 valence electrons. The fourth-order valence-electron chi connectivity index (χ4n) is 4.09. The maximum Gasteiger partial charge on any atom is 0.220 e. The average molecular weight is 470 g/mol. The van der Waals surface area contributed by atoms with Gasteiger partial charge in [-0.2, -0.15) is 0 Å². The summed E-state index contributed by atoms with van der Waals surface area (Å²) >= 11 is 6.11. The van der Waals surface area contributed by atoms with Crippen LogP contribution in [-0.2, 0) is 17.8 Å². The van der Waals surface area contributed by atoms with E-state index in [0.29, 0.717) is 24.4 Å². The minimum Gasteiger partial charge on any atom is -0.467 e. The molecule has 6 heteroatoms. The maximum atomic E-state index is 12.6. The van der Waals surface area contributed by atoms with Gasteiger partial charge < -0.3 is 14.1 Å². The van der Waals surface area contributed by atoms with E-state index in [-0.39, 0.29) is 5.91 Å². The van der Waals surface area contributed by atoms with E-state index in [1.165, 1.54) is 5.56 Å². The van der Waals surface area contributed by atoms with Crippen LogP contribution in [0.1, 0.15) is 23.4 Å². The molecule has 34 heavy (non-hydrogen) atoms. The topological polar surface area (TPSA) is 59.5 Å². The first-order chi connectivity index (χ1) is 16.6. The third-order valence-corrected chi connectivity index (χ3v) is 6.07. The van der Waals surface area contributed by atoms with E-state index in [1.54, 1.807) is 6.26 Å². The predicted octanol–water partition coefficient (Wildman–Crippen LogP) is 6.47. The lowest BCUT2D eigenvalue weighted by Gasteiger charge is -2.09. The van der Waals surface area contributed by atoms with Gasteiger partial charge in [0.1, 0.15) is 11.4 Å². The van der Waals surface area contributed by atoms with Gasteiger partial charge >= 0.3 is 0 Å². The number of imidazole rings is 1. The van der Waals surface area contributed by atoms with Crippen LogP contribution in [0.3, 0.4) is 0 Å². The maximum absolute atomic E-state index is 12.6. The average Bonchev–Trinajstić information content (AvgIpc) is 3.49. The number of aryl methyl sites for hydroxylation is 2. The summed E-state index contributed by atoms with van der Waals surface area (Å²) in [6, 6.07) is 23.8. The van der Waals surface area contributed by atoms with Crippen molar-refractivity contribution in [1.82, 2.24) is 14.7 Å². The lowest BCUT2D eigenvalue weighted by molar-refractivity contribution is -0.121. The molecule has 0 radical (unpaired) electrons. The number of fused-ring (bicyclic) bond motifs is 1. The molecule has 5 nitrogen and oxygen atoms in total. The zero-order chi connectivity index (χ0) is 23.5. The second kappa shape index (κ2) is 9.57. The van der Waals surface area contributed by atoms with Crippen molar-refractivity contribution in [3.05, 3.63) is 107 Å². The Bertz CT molecular complexity index is 1440. The fourth-order valence-corrected chi connectivity index (χ4v) is 4.21. The molecule has 2 aromatic carbocycles. The predicted molar refractivity (Wildman–Crippen MR) is 135 cm³/mol. The van der Waals surface area contributed by atoms with Crippen LogP contribution in [0.25, 0.3) is 28.0 Å². The summed E-state index contributed by atoms with van der Waals surface area (Å²) in [4.78, 5) is 17.5. The Balaban J connectivity index is 1.49. The van der Waals surface area contributed by atoms with Crippen LogP contribution in [0.5, 0.6) is 0 Å². The number of hydrogen-bond acceptors (Lipinski definition) is 3. The van der Waals surface area contributed by atoms with E-state index in [0.717, 1.165) is 39.5 Å². The van der Waals surface area contributed by atoms with Crippen molar-refractivity contribution in [3.8, 4) is 22.4 Å². The molecule has 0 aliphatic rings. The number of carbonyl (C=O) groups excluding carboxylic acids is 1. The summed E-state index contributed by atoms with van der Waals surface area (Å²) in [5.41, 5.74) is 7.10. The van der Waals surface area contributed by atoms with Gasteiger partial charge in [0.25, 0.3) is 0 Å². The van der Waals surface area contributed by atoms with Crippen molar-refractivity contribution in [2.45, 2.75) is 26.3 Å². The highest BCUT2D eigenvalue weighted by Crippen LogP contribution is 2.29. The minimum atomic E-state index is -0.0387. The Morgan fingerprint density at radius 3 is 2.59 bits per heavy atom. The molecule has 1 N–H and O–H groups in total. The van der Waals surface area contributed by atoms with E-state index >= 15 is 0 Å². The zero-order valence-electron chi connectivity index (χ0n) is 18.8. The summed E-state index contributed by atoms with van der Waals surface area (Å²) in [5, 5.41) is 3.60.